The van der Waals surface area contributed by atoms with Gasteiger partial charge < -0.3 is 29.3 Å². The van der Waals surface area contributed by atoms with E-state index in [1.165, 1.54) is 21.3 Å². The smallest absolute Gasteiger partial charge is 0.257 e. The summed E-state index contributed by atoms with van der Waals surface area (Å²) in [6.45, 7) is 3.83. The Labute approximate surface area is 198 Å². The van der Waals surface area contributed by atoms with Gasteiger partial charge >= 0.3 is 0 Å². The summed E-state index contributed by atoms with van der Waals surface area (Å²) in [5.74, 6) is 0.744. The van der Waals surface area contributed by atoms with Crippen molar-refractivity contribution in [3.05, 3.63) is 40.9 Å². The predicted molar refractivity (Wildman–Crippen MR) is 131 cm³/mol. The number of nitrogens with one attached hydrogen (secondary N) is 2. The molecule has 1 aliphatic rings. The molecule has 0 atom stereocenters. The van der Waals surface area contributed by atoms with Crippen LogP contribution in [0.2, 0.25) is 5.02 Å². The molecule has 10 heteroatoms. The fourth-order valence-corrected chi connectivity index (χ4v) is 3.95. The summed E-state index contributed by atoms with van der Waals surface area (Å²) >= 11 is 11.8. The number of piperazine rings is 1. The van der Waals surface area contributed by atoms with Crippen LogP contribution in [0, 0.1) is 0 Å². The topological polar surface area (TPSA) is 75.3 Å². The average Bonchev–Trinajstić information content (AvgIpc) is 2.78. The molecule has 1 aliphatic heterocycles. The minimum atomic E-state index is -0.415. The summed E-state index contributed by atoms with van der Waals surface area (Å²) in [6, 6.07) is 8.76. The summed E-state index contributed by atoms with van der Waals surface area (Å²) in [4.78, 5) is 17.3. The summed E-state index contributed by atoms with van der Waals surface area (Å²) in [6.07, 6.45) is 0. The number of thiocarbonyl (C=S) groups is 1. The van der Waals surface area contributed by atoms with E-state index in [1.807, 2.05) is 12.1 Å². The zero-order valence-corrected chi connectivity index (χ0v) is 20.1. The molecule has 0 saturated carbocycles. The third-order valence-corrected chi connectivity index (χ3v) is 5.71. The van der Waals surface area contributed by atoms with E-state index in [-0.39, 0.29) is 5.11 Å². The van der Waals surface area contributed by atoms with Gasteiger partial charge in [0.1, 0.15) is 0 Å². The van der Waals surface area contributed by atoms with Crippen LogP contribution in [0.1, 0.15) is 10.4 Å². The number of methoxy groups -OCH3 is 3. The highest BCUT2D eigenvalue weighted by Gasteiger charge is 2.19. The van der Waals surface area contributed by atoms with E-state index < -0.39 is 5.91 Å². The Morgan fingerprint density at radius 2 is 1.62 bits per heavy atom. The number of benzene rings is 2. The van der Waals surface area contributed by atoms with Crippen LogP contribution < -0.4 is 29.7 Å². The Bertz CT molecular complexity index is 971. The largest absolute Gasteiger partial charge is 0.493 e. The molecule has 32 heavy (non-hydrogen) atoms. The van der Waals surface area contributed by atoms with E-state index in [1.54, 1.807) is 18.2 Å². The molecule has 172 valence electrons. The molecule has 1 amide bonds. The monoisotopic (exact) mass is 478 g/mol. The third kappa shape index (κ3) is 5.53. The van der Waals surface area contributed by atoms with Gasteiger partial charge in [0.05, 0.1) is 32.0 Å². The number of halogens is 1. The quantitative estimate of drug-likeness (QED) is 0.613. The van der Waals surface area contributed by atoms with Gasteiger partial charge in [-0.2, -0.15) is 0 Å². The molecule has 8 nitrogen and oxygen atoms in total. The summed E-state index contributed by atoms with van der Waals surface area (Å²) in [5.41, 5.74) is 1.98. The first-order chi connectivity index (χ1) is 15.4. The molecule has 2 N–H and O–H groups in total. The number of hydrogen-bond donors (Lipinski definition) is 2. The van der Waals surface area contributed by atoms with Crippen molar-refractivity contribution in [2.45, 2.75) is 0 Å². The fraction of sp³-hybridized carbons (Fsp3) is 0.364. The number of rotatable bonds is 6. The number of hydrogen-bond acceptors (Lipinski definition) is 7. The van der Waals surface area contributed by atoms with Crippen molar-refractivity contribution in [3.8, 4) is 17.2 Å². The number of carbonyl (C=O) groups excluding carboxylic acids is 1. The van der Waals surface area contributed by atoms with E-state index in [0.717, 1.165) is 31.9 Å². The van der Waals surface area contributed by atoms with Crippen molar-refractivity contribution in [2.24, 2.45) is 0 Å². The van der Waals surface area contributed by atoms with Crippen molar-refractivity contribution in [2.75, 3.05) is 64.8 Å². The predicted octanol–water partition coefficient (Wildman–Crippen LogP) is 3.24. The highest BCUT2D eigenvalue weighted by atomic mass is 35.5. The molecule has 1 heterocycles. The second kappa shape index (κ2) is 10.7. The zero-order valence-electron chi connectivity index (χ0n) is 18.5. The Balaban J connectivity index is 1.67. The maximum atomic E-state index is 12.7. The van der Waals surface area contributed by atoms with Crippen LogP contribution in [-0.2, 0) is 0 Å². The molecule has 2 aromatic carbocycles. The average molecular weight is 479 g/mol. The van der Waals surface area contributed by atoms with Gasteiger partial charge in [-0.25, -0.2) is 0 Å². The van der Waals surface area contributed by atoms with Crippen molar-refractivity contribution < 1.29 is 19.0 Å². The number of likely N-dealkylation sites (N-methyl/N-ethyl adjacent to an activating group) is 1. The van der Waals surface area contributed by atoms with Gasteiger partial charge in [0, 0.05) is 37.4 Å². The standard InChI is InChI=1S/C22H27ClN4O4S/c1-26-7-9-27(10-8-26)17-6-5-15(13-16(17)23)24-22(32)25-21(28)14-11-18(29-2)20(31-4)19(12-14)30-3/h5-6,11-13H,7-10H2,1-4H3,(H2,24,25,28,32). The first-order valence-electron chi connectivity index (χ1n) is 10.0. The molecular weight excluding hydrogens is 452 g/mol. The van der Waals surface area contributed by atoms with Crippen molar-refractivity contribution in [3.63, 3.8) is 0 Å². The van der Waals surface area contributed by atoms with Crippen molar-refractivity contribution in [1.82, 2.24) is 10.2 Å². The van der Waals surface area contributed by atoms with Crippen LogP contribution >= 0.6 is 23.8 Å². The molecule has 0 aliphatic carbocycles. The molecule has 1 saturated heterocycles. The lowest BCUT2D eigenvalue weighted by atomic mass is 10.1. The van der Waals surface area contributed by atoms with E-state index in [4.69, 9.17) is 38.0 Å². The normalized spacial score (nSPS) is 14.0. The second-order valence-corrected chi connectivity index (χ2v) is 8.09. The lowest BCUT2D eigenvalue weighted by Crippen LogP contribution is -2.44. The fourth-order valence-electron chi connectivity index (χ4n) is 3.44. The second-order valence-electron chi connectivity index (χ2n) is 7.28. The minimum absolute atomic E-state index is 0.146. The van der Waals surface area contributed by atoms with Gasteiger partial charge in [0.2, 0.25) is 5.75 Å². The SMILES string of the molecule is COc1cc(C(=O)NC(=S)Nc2ccc(N3CCN(C)CC3)c(Cl)c2)cc(OC)c1OC. The Kier molecular flexibility index (Phi) is 8.00. The lowest BCUT2D eigenvalue weighted by molar-refractivity contribution is 0.0977. The van der Waals surface area contributed by atoms with Crippen LogP contribution in [0.25, 0.3) is 0 Å². The summed E-state index contributed by atoms with van der Waals surface area (Å²) in [5, 5.41) is 6.43. The Morgan fingerprint density at radius 3 is 2.16 bits per heavy atom. The number of carbonyl (C=O) groups is 1. The first-order valence-corrected chi connectivity index (χ1v) is 10.8. The Hall–Kier alpha value is -2.75. The highest BCUT2D eigenvalue weighted by Crippen LogP contribution is 2.38. The van der Waals surface area contributed by atoms with Crippen LogP contribution in [-0.4, -0.2) is 70.5 Å². The summed E-state index contributed by atoms with van der Waals surface area (Å²) < 4.78 is 15.9. The zero-order chi connectivity index (χ0) is 23.3. The van der Waals surface area contributed by atoms with Crippen LogP contribution in [0.15, 0.2) is 30.3 Å². The highest BCUT2D eigenvalue weighted by molar-refractivity contribution is 7.80. The molecule has 0 radical (unpaired) electrons. The maximum Gasteiger partial charge on any atom is 0.257 e. The van der Waals surface area contributed by atoms with Crippen molar-refractivity contribution >= 4 is 46.2 Å². The lowest BCUT2D eigenvalue weighted by Gasteiger charge is -2.34. The molecule has 0 unspecified atom stereocenters. The van der Waals surface area contributed by atoms with Gasteiger partial charge in [-0.3, -0.25) is 10.1 Å². The third-order valence-electron chi connectivity index (χ3n) is 5.20. The molecule has 0 spiro atoms. The number of ether oxygens (including phenoxy) is 3. The van der Waals surface area contributed by atoms with Gasteiger partial charge in [-0.1, -0.05) is 11.6 Å². The van der Waals surface area contributed by atoms with Gasteiger partial charge in [0.15, 0.2) is 16.6 Å². The minimum Gasteiger partial charge on any atom is -0.493 e. The molecule has 3 rings (SSSR count). The van der Waals surface area contributed by atoms with Crippen LogP contribution in [0.3, 0.4) is 0 Å². The summed E-state index contributed by atoms with van der Waals surface area (Å²) in [7, 11) is 6.58. The molecular formula is C22H27ClN4O4S. The number of amides is 1. The van der Waals surface area contributed by atoms with E-state index in [9.17, 15) is 4.79 Å². The number of anilines is 2. The van der Waals surface area contributed by atoms with Gasteiger partial charge in [-0.05, 0) is 49.6 Å². The van der Waals surface area contributed by atoms with Crippen LogP contribution in [0.4, 0.5) is 11.4 Å². The van der Waals surface area contributed by atoms with Crippen molar-refractivity contribution in [1.29, 1.82) is 0 Å². The molecule has 1 fully saturated rings. The number of nitrogens with zero attached hydrogens (tertiary/aromatic N) is 2. The van der Waals surface area contributed by atoms with Gasteiger partial charge in [-0.15, -0.1) is 0 Å². The molecule has 0 aromatic heterocycles. The van der Waals surface area contributed by atoms with Crippen LogP contribution in [0.5, 0.6) is 17.2 Å². The Morgan fingerprint density at radius 1 is 1.00 bits per heavy atom. The molecule has 2 aromatic rings. The van der Waals surface area contributed by atoms with E-state index in [2.05, 4.69) is 27.5 Å². The first kappa shape index (κ1) is 23.9. The van der Waals surface area contributed by atoms with Gasteiger partial charge in [0.25, 0.3) is 5.91 Å². The van der Waals surface area contributed by atoms with E-state index >= 15 is 0 Å². The van der Waals surface area contributed by atoms with E-state index in [0.29, 0.717) is 33.5 Å². The molecule has 0 bridgehead atoms. The maximum absolute atomic E-state index is 12.7.